The standard InChI is InChI=1S/C22H23N3O4/c1-13-5-7-14(8-6-13)25-12-17-19(21(25)26)20(23-22(27)24(17)2)16-11-15(28-3)9-10-18(16)29-4/h5-11,20H,12H2,1-4H3,(H,23,27)/t20-/m1/s1. The Morgan fingerprint density at radius 3 is 2.41 bits per heavy atom. The summed E-state index contributed by atoms with van der Waals surface area (Å²) in [6, 6.07) is 12.2. The van der Waals surface area contributed by atoms with Crippen molar-refractivity contribution in [3.05, 3.63) is 64.9 Å². The molecule has 4 rings (SSSR count). The van der Waals surface area contributed by atoms with Gasteiger partial charge in [0.15, 0.2) is 0 Å². The van der Waals surface area contributed by atoms with Crippen LogP contribution in [0.2, 0.25) is 0 Å². The third-order valence-corrected chi connectivity index (χ3v) is 5.45. The van der Waals surface area contributed by atoms with Gasteiger partial charge in [0.25, 0.3) is 5.91 Å². The average Bonchev–Trinajstić information content (AvgIpc) is 3.08. The van der Waals surface area contributed by atoms with Crippen LogP contribution in [0.3, 0.4) is 0 Å². The highest BCUT2D eigenvalue weighted by molar-refractivity contribution is 6.11. The zero-order valence-corrected chi connectivity index (χ0v) is 16.9. The molecule has 0 aliphatic carbocycles. The predicted octanol–water partition coefficient (Wildman–Crippen LogP) is 3.01. The summed E-state index contributed by atoms with van der Waals surface area (Å²) >= 11 is 0. The summed E-state index contributed by atoms with van der Waals surface area (Å²) in [4.78, 5) is 29.3. The van der Waals surface area contributed by atoms with E-state index in [0.717, 1.165) is 11.3 Å². The maximum Gasteiger partial charge on any atom is 0.322 e. The van der Waals surface area contributed by atoms with Gasteiger partial charge in [-0.05, 0) is 37.3 Å². The smallest absolute Gasteiger partial charge is 0.322 e. The second kappa shape index (κ2) is 7.16. The lowest BCUT2D eigenvalue weighted by Gasteiger charge is -2.31. The summed E-state index contributed by atoms with van der Waals surface area (Å²) in [5, 5.41) is 2.94. The van der Waals surface area contributed by atoms with Crippen LogP contribution in [0.4, 0.5) is 10.5 Å². The number of rotatable bonds is 4. The minimum Gasteiger partial charge on any atom is -0.497 e. The van der Waals surface area contributed by atoms with Crippen molar-refractivity contribution in [1.82, 2.24) is 10.2 Å². The highest BCUT2D eigenvalue weighted by Crippen LogP contribution is 2.41. The van der Waals surface area contributed by atoms with Crippen LogP contribution >= 0.6 is 0 Å². The van der Waals surface area contributed by atoms with E-state index in [1.54, 1.807) is 44.4 Å². The van der Waals surface area contributed by atoms with Crippen LogP contribution in [0.5, 0.6) is 11.5 Å². The van der Waals surface area contributed by atoms with E-state index < -0.39 is 6.04 Å². The van der Waals surface area contributed by atoms with Crippen molar-refractivity contribution in [2.24, 2.45) is 0 Å². The first kappa shape index (κ1) is 18.9. The molecule has 0 radical (unpaired) electrons. The number of nitrogens with zero attached hydrogens (tertiary/aromatic N) is 2. The predicted molar refractivity (Wildman–Crippen MR) is 109 cm³/mol. The number of aryl methyl sites for hydroxylation is 1. The molecule has 29 heavy (non-hydrogen) atoms. The Bertz CT molecular complexity index is 1010. The fourth-order valence-electron chi connectivity index (χ4n) is 3.80. The van der Waals surface area contributed by atoms with E-state index in [-0.39, 0.29) is 11.9 Å². The maximum absolute atomic E-state index is 13.4. The number of urea groups is 1. The van der Waals surface area contributed by atoms with Crippen LogP contribution in [-0.4, -0.2) is 44.7 Å². The molecule has 0 aromatic heterocycles. The van der Waals surface area contributed by atoms with Gasteiger partial charge in [-0.25, -0.2) is 4.79 Å². The number of likely N-dealkylation sites (N-methyl/N-ethyl adjacent to an activating group) is 1. The maximum atomic E-state index is 13.4. The zero-order chi connectivity index (χ0) is 20.7. The van der Waals surface area contributed by atoms with Crippen LogP contribution in [0.25, 0.3) is 0 Å². The largest absolute Gasteiger partial charge is 0.497 e. The number of anilines is 1. The number of carbonyl (C=O) groups excluding carboxylic acids is 2. The zero-order valence-electron chi connectivity index (χ0n) is 16.9. The van der Waals surface area contributed by atoms with Crippen molar-refractivity contribution in [3.63, 3.8) is 0 Å². The summed E-state index contributed by atoms with van der Waals surface area (Å²) in [6.45, 7) is 2.34. The Balaban J connectivity index is 1.80. The lowest BCUT2D eigenvalue weighted by molar-refractivity contribution is -0.114. The normalized spacial score (nSPS) is 18.7. The van der Waals surface area contributed by atoms with Gasteiger partial charge in [-0.3, -0.25) is 9.69 Å². The Labute approximate surface area is 169 Å². The topological polar surface area (TPSA) is 71.1 Å². The molecular formula is C22H23N3O4. The number of carbonyl (C=O) groups is 2. The Morgan fingerprint density at radius 1 is 1.03 bits per heavy atom. The van der Waals surface area contributed by atoms with E-state index in [1.807, 2.05) is 31.2 Å². The third kappa shape index (κ3) is 3.08. The Hall–Kier alpha value is -3.48. The van der Waals surface area contributed by atoms with Crippen molar-refractivity contribution >= 4 is 17.6 Å². The Kier molecular flexibility index (Phi) is 4.66. The molecule has 1 N–H and O–H groups in total. The summed E-state index contributed by atoms with van der Waals surface area (Å²) in [5.74, 6) is 1.07. The van der Waals surface area contributed by atoms with Gasteiger partial charge >= 0.3 is 6.03 Å². The lowest BCUT2D eigenvalue weighted by Crippen LogP contribution is -2.45. The van der Waals surface area contributed by atoms with Gasteiger partial charge in [0.1, 0.15) is 11.5 Å². The van der Waals surface area contributed by atoms with Crippen LogP contribution in [0.1, 0.15) is 17.2 Å². The van der Waals surface area contributed by atoms with Crippen molar-refractivity contribution in [3.8, 4) is 11.5 Å². The Morgan fingerprint density at radius 2 is 1.76 bits per heavy atom. The lowest BCUT2D eigenvalue weighted by atomic mass is 9.94. The monoisotopic (exact) mass is 393 g/mol. The van der Waals surface area contributed by atoms with Crippen molar-refractivity contribution in [2.45, 2.75) is 13.0 Å². The van der Waals surface area contributed by atoms with Crippen LogP contribution in [0.15, 0.2) is 53.7 Å². The summed E-state index contributed by atoms with van der Waals surface area (Å²) in [6.07, 6.45) is 0. The molecule has 2 aliphatic rings. The molecular weight excluding hydrogens is 370 g/mol. The highest BCUT2D eigenvalue weighted by atomic mass is 16.5. The molecule has 1 atom stereocenters. The first-order chi connectivity index (χ1) is 13.9. The first-order valence-electron chi connectivity index (χ1n) is 9.32. The molecule has 7 heteroatoms. The number of benzene rings is 2. The first-order valence-corrected chi connectivity index (χ1v) is 9.32. The number of amides is 3. The molecule has 0 fully saturated rings. The van der Waals surface area contributed by atoms with Gasteiger partial charge in [0.05, 0.1) is 38.1 Å². The number of methoxy groups -OCH3 is 2. The minimum absolute atomic E-state index is 0.134. The second-order valence-electron chi connectivity index (χ2n) is 7.14. The molecule has 7 nitrogen and oxygen atoms in total. The average molecular weight is 393 g/mol. The van der Waals surface area contributed by atoms with Gasteiger partial charge in [-0.2, -0.15) is 0 Å². The van der Waals surface area contributed by atoms with Gasteiger partial charge in [0.2, 0.25) is 0 Å². The molecule has 0 saturated heterocycles. The summed E-state index contributed by atoms with van der Waals surface area (Å²) < 4.78 is 10.8. The minimum atomic E-state index is -0.623. The molecule has 2 aliphatic heterocycles. The molecule has 2 heterocycles. The van der Waals surface area contributed by atoms with Crippen molar-refractivity contribution in [1.29, 1.82) is 0 Å². The van der Waals surface area contributed by atoms with Crippen LogP contribution in [0, 0.1) is 6.92 Å². The number of ether oxygens (including phenoxy) is 2. The quantitative estimate of drug-likeness (QED) is 0.867. The molecule has 2 aromatic rings. The molecule has 2 aromatic carbocycles. The fraction of sp³-hybridized carbons (Fsp3) is 0.273. The second-order valence-corrected chi connectivity index (χ2v) is 7.14. The molecule has 0 saturated carbocycles. The molecule has 0 unspecified atom stereocenters. The van der Waals surface area contributed by atoms with E-state index in [1.165, 1.54) is 4.90 Å². The molecule has 0 bridgehead atoms. The number of hydrogen-bond donors (Lipinski definition) is 1. The fourth-order valence-corrected chi connectivity index (χ4v) is 3.80. The van der Waals surface area contributed by atoms with Gasteiger partial charge in [0, 0.05) is 18.3 Å². The third-order valence-electron chi connectivity index (χ3n) is 5.45. The SMILES string of the molecule is COc1ccc(OC)c([C@H]2NC(=O)N(C)C3=C2C(=O)N(c2ccc(C)cc2)C3)c1. The van der Waals surface area contributed by atoms with E-state index in [9.17, 15) is 9.59 Å². The van der Waals surface area contributed by atoms with Crippen LogP contribution < -0.4 is 19.7 Å². The van der Waals surface area contributed by atoms with Gasteiger partial charge in [-0.1, -0.05) is 17.7 Å². The molecule has 150 valence electrons. The van der Waals surface area contributed by atoms with Gasteiger partial charge in [-0.15, -0.1) is 0 Å². The van der Waals surface area contributed by atoms with Crippen molar-refractivity contribution in [2.75, 3.05) is 32.7 Å². The van der Waals surface area contributed by atoms with E-state index >= 15 is 0 Å². The van der Waals surface area contributed by atoms with E-state index in [4.69, 9.17) is 9.47 Å². The van der Waals surface area contributed by atoms with E-state index in [2.05, 4.69) is 5.32 Å². The molecule has 0 spiro atoms. The number of nitrogens with one attached hydrogen (secondary N) is 1. The van der Waals surface area contributed by atoms with Crippen LogP contribution in [-0.2, 0) is 4.79 Å². The van der Waals surface area contributed by atoms with E-state index in [0.29, 0.717) is 34.9 Å². The van der Waals surface area contributed by atoms with Gasteiger partial charge < -0.3 is 19.7 Å². The summed E-state index contributed by atoms with van der Waals surface area (Å²) in [5.41, 5.74) is 3.83. The van der Waals surface area contributed by atoms with Crippen molar-refractivity contribution < 1.29 is 19.1 Å². The highest BCUT2D eigenvalue weighted by Gasteiger charge is 2.44. The number of hydrogen-bond acceptors (Lipinski definition) is 4. The summed E-state index contributed by atoms with van der Waals surface area (Å²) in [7, 11) is 4.81. The molecule has 3 amide bonds.